The lowest BCUT2D eigenvalue weighted by atomic mass is 9.96. The average Bonchev–Trinajstić information content (AvgIpc) is 3.36. The van der Waals surface area contributed by atoms with Gasteiger partial charge in [0.2, 0.25) is 0 Å². The zero-order valence-electron chi connectivity index (χ0n) is 19.3. The summed E-state index contributed by atoms with van der Waals surface area (Å²) in [5.41, 5.74) is 1.72. The van der Waals surface area contributed by atoms with Gasteiger partial charge in [0.1, 0.15) is 17.2 Å². The van der Waals surface area contributed by atoms with E-state index in [9.17, 15) is 9.59 Å². The molecule has 0 aliphatic rings. The Balaban J connectivity index is 1.61. The van der Waals surface area contributed by atoms with Gasteiger partial charge in [0.25, 0.3) is 5.91 Å². The minimum absolute atomic E-state index is 0.0374. The molecule has 2 heterocycles. The first kappa shape index (κ1) is 24.7. The molecule has 10 heteroatoms. The lowest BCUT2D eigenvalue weighted by Gasteiger charge is -2.24. The van der Waals surface area contributed by atoms with Crippen molar-refractivity contribution in [3.63, 3.8) is 0 Å². The number of hydrogen-bond donors (Lipinski definition) is 3. The summed E-state index contributed by atoms with van der Waals surface area (Å²) < 4.78 is 16.7. The molecule has 0 radical (unpaired) electrons. The van der Waals surface area contributed by atoms with Crippen LogP contribution in [0.2, 0.25) is 0 Å². The highest BCUT2D eigenvalue weighted by Crippen LogP contribution is 2.30. The number of pyridine rings is 1. The zero-order valence-corrected chi connectivity index (χ0v) is 19.3. The van der Waals surface area contributed by atoms with Crippen molar-refractivity contribution in [1.82, 2.24) is 15.2 Å². The fourth-order valence-corrected chi connectivity index (χ4v) is 2.99. The van der Waals surface area contributed by atoms with Gasteiger partial charge in [-0.25, -0.2) is 4.98 Å². The van der Waals surface area contributed by atoms with Gasteiger partial charge in [-0.3, -0.25) is 14.7 Å². The lowest BCUT2D eigenvalue weighted by Crippen LogP contribution is -2.27. The molecule has 34 heavy (non-hydrogen) atoms. The molecule has 0 fully saturated rings. The van der Waals surface area contributed by atoms with Crippen LogP contribution in [-0.2, 0) is 9.53 Å². The summed E-state index contributed by atoms with van der Waals surface area (Å²) in [7, 11) is 1.51. The highest BCUT2D eigenvalue weighted by atomic mass is 16.5. The number of nitrogens with zero attached hydrogens (tertiary/aromatic N) is 2. The molecule has 0 saturated carbocycles. The second kappa shape index (κ2) is 11.3. The maximum atomic E-state index is 12.8. The van der Waals surface area contributed by atoms with Crippen molar-refractivity contribution in [2.75, 3.05) is 32.2 Å². The van der Waals surface area contributed by atoms with E-state index in [0.29, 0.717) is 41.8 Å². The van der Waals surface area contributed by atoms with Crippen LogP contribution in [0.3, 0.4) is 0 Å². The molecule has 3 rings (SSSR count). The van der Waals surface area contributed by atoms with Gasteiger partial charge in [-0.2, -0.15) is 5.10 Å². The predicted octanol–water partition coefficient (Wildman–Crippen LogP) is 3.63. The van der Waals surface area contributed by atoms with Crippen LogP contribution < -0.4 is 14.8 Å². The summed E-state index contributed by atoms with van der Waals surface area (Å²) in [5.74, 6) is -0.276. The van der Waals surface area contributed by atoms with Crippen LogP contribution in [0.4, 0.5) is 5.69 Å². The Morgan fingerprint density at radius 3 is 2.68 bits per heavy atom. The smallest absolute Gasteiger partial charge is 0.305 e. The number of carbonyl (C=O) groups is 2. The molecule has 1 aromatic carbocycles. The van der Waals surface area contributed by atoms with E-state index < -0.39 is 5.97 Å². The van der Waals surface area contributed by atoms with Gasteiger partial charge in [-0.1, -0.05) is 19.9 Å². The molecule has 180 valence electrons. The highest BCUT2D eigenvalue weighted by molar-refractivity contribution is 6.04. The van der Waals surface area contributed by atoms with Crippen LogP contribution in [0.5, 0.6) is 11.5 Å². The van der Waals surface area contributed by atoms with Crippen LogP contribution in [0, 0.1) is 5.41 Å². The molecule has 0 spiro atoms. The van der Waals surface area contributed by atoms with Crippen molar-refractivity contribution in [1.29, 1.82) is 0 Å². The Labute approximate surface area is 197 Å². The summed E-state index contributed by atoms with van der Waals surface area (Å²) in [4.78, 5) is 27.7. The van der Waals surface area contributed by atoms with Crippen molar-refractivity contribution in [3.05, 3.63) is 54.4 Å². The normalized spacial score (nSPS) is 11.1. The Bertz CT molecular complexity index is 1110. The minimum Gasteiger partial charge on any atom is -0.494 e. The van der Waals surface area contributed by atoms with E-state index >= 15 is 0 Å². The van der Waals surface area contributed by atoms with Crippen LogP contribution in [0.15, 0.2) is 48.7 Å². The summed E-state index contributed by atoms with van der Waals surface area (Å²) in [5, 5.41) is 18.2. The number of carboxylic acids is 1. The number of carboxylic acid groups (broad SMARTS) is 1. The van der Waals surface area contributed by atoms with Crippen molar-refractivity contribution >= 4 is 17.6 Å². The monoisotopic (exact) mass is 468 g/mol. The first-order valence-corrected chi connectivity index (χ1v) is 10.7. The molecule has 3 aromatic rings. The van der Waals surface area contributed by atoms with Crippen LogP contribution in [-0.4, -0.2) is 59.1 Å². The van der Waals surface area contributed by atoms with Crippen LogP contribution in [0.25, 0.3) is 11.4 Å². The van der Waals surface area contributed by atoms with Gasteiger partial charge in [0.15, 0.2) is 0 Å². The number of H-pyrrole nitrogens is 1. The van der Waals surface area contributed by atoms with E-state index in [1.807, 2.05) is 13.8 Å². The number of carbonyl (C=O) groups excluding carboxylic acids is 1. The molecule has 1 amide bonds. The highest BCUT2D eigenvalue weighted by Gasteiger charge is 2.20. The Kier molecular flexibility index (Phi) is 8.20. The van der Waals surface area contributed by atoms with E-state index in [2.05, 4.69) is 20.5 Å². The Hall–Kier alpha value is -3.92. The SMILES string of the molecule is COc1cc(OCC(C)(C)COCCC(=O)O)ccc1NC(=O)c1cccc(-c2ccn[nH]2)n1. The fourth-order valence-electron chi connectivity index (χ4n) is 2.99. The quantitative estimate of drug-likeness (QED) is 0.343. The maximum absolute atomic E-state index is 12.8. The number of amides is 1. The van der Waals surface area contributed by atoms with Crippen molar-refractivity contribution in [3.8, 4) is 22.9 Å². The average molecular weight is 469 g/mol. The fraction of sp³-hybridized carbons (Fsp3) is 0.333. The molecule has 0 aliphatic heterocycles. The van der Waals surface area contributed by atoms with Gasteiger partial charge < -0.3 is 24.6 Å². The number of methoxy groups -OCH3 is 1. The van der Waals surface area contributed by atoms with E-state index in [1.165, 1.54) is 7.11 Å². The van der Waals surface area contributed by atoms with Gasteiger partial charge in [-0.15, -0.1) is 0 Å². The Morgan fingerprint density at radius 2 is 1.97 bits per heavy atom. The number of rotatable bonds is 12. The number of aromatic amines is 1. The molecule has 0 aliphatic carbocycles. The molecule has 3 N–H and O–H groups in total. The van der Waals surface area contributed by atoms with Crippen molar-refractivity contribution < 1.29 is 28.9 Å². The first-order valence-electron chi connectivity index (χ1n) is 10.7. The largest absolute Gasteiger partial charge is 0.494 e. The predicted molar refractivity (Wildman–Crippen MR) is 125 cm³/mol. The van der Waals surface area contributed by atoms with Gasteiger partial charge in [0, 0.05) is 17.7 Å². The third-order valence-electron chi connectivity index (χ3n) is 4.76. The van der Waals surface area contributed by atoms with Gasteiger partial charge >= 0.3 is 5.97 Å². The van der Waals surface area contributed by atoms with E-state index in [1.54, 1.807) is 48.7 Å². The van der Waals surface area contributed by atoms with Crippen LogP contribution in [0.1, 0.15) is 30.8 Å². The van der Waals surface area contributed by atoms with Crippen LogP contribution >= 0.6 is 0 Å². The topological polar surface area (TPSA) is 136 Å². The maximum Gasteiger partial charge on any atom is 0.305 e. The molecule has 0 atom stereocenters. The summed E-state index contributed by atoms with van der Waals surface area (Å²) in [6.07, 6.45) is 1.58. The summed E-state index contributed by atoms with van der Waals surface area (Å²) in [6, 6.07) is 12.0. The first-order chi connectivity index (χ1) is 16.3. The molecule has 10 nitrogen and oxygen atoms in total. The molecular formula is C24H28N4O6. The second-order valence-electron chi connectivity index (χ2n) is 8.34. The number of nitrogens with one attached hydrogen (secondary N) is 2. The third-order valence-corrected chi connectivity index (χ3v) is 4.76. The molecule has 0 bridgehead atoms. The number of anilines is 1. The summed E-state index contributed by atoms with van der Waals surface area (Å²) >= 11 is 0. The van der Waals surface area contributed by atoms with Crippen molar-refractivity contribution in [2.24, 2.45) is 5.41 Å². The molecular weight excluding hydrogens is 440 g/mol. The number of aliphatic carboxylic acids is 1. The van der Waals surface area contributed by atoms with E-state index in [-0.39, 0.29) is 30.0 Å². The standard InChI is InChI=1S/C24H28N4O6/c1-24(2,14-33-12-10-22(29)30)15-34-16-7-8-19(21(13-16)32-3)27-23(31)20-6-4-5-17(26-20)18-9-11-25-28-18/h4-9,11,13H,10,12,14-15H2,1-3H3,(H,25,28)(H,27,31)(H,29,30). The number of benzene rings is 1. The van der Waals surface area contributed by atoms with Crippen molar-refractivity contribution in [2.45, 2.75) is 20.3 Å². The molecule has 0 unspecified atom stereocenters. The minimum atomic E-state index is -0.894. The number of ether oxygens (including phenoxy) is 3. The number of aromatic nitrogens is 3. The summed E-state index contributed by atoms with van der Waals surface area (Å²) in [6.45, 7) is 4.78. The second-order valence-corrected chi connectivity index (χ2v) is 8.34. The van der Waals surface area contributed by atoms with E-state index in [4.69, 9.17) is 19.3 Å². The Morgan fingerprint density at radius 1 is 1.15 bits per heavy atom. The number of hydrogen-bond acceptors (Lipinski definition) is 7. The van der Waals surface area contributed by atoms with E-state index in [0.717, 1.165) is 0 Å². The zero-order chi connectivity index (χ0) is 24.6. The molecule has 0 saturated heterocycles. The molecule has 2 aromatic heterocycles. The van der Waals surface area contributed by atoms with Gasteiger partial charge in [-0.05, 0) is 30.3 Å². The van der Waals surface area contributed by atoms with Gasteiger partial charge in [0.05, 0.1) is 50.4 Å². The lowest BCUT2D eigenvalue weighted by molar-refractivity contribution is -0.138. The third kappa shape index (κ3) is 7.04.